The zero-order valence-corrected chi connectivity index (χ0v) is 13.7. The summed E-state index contributed by atoms with van der Waals surface area (Å²) in [5, 5.41) is 0. The topological polar surface area (TPSA) is 49.3 Å². The van der Waals surface area contributed by atoms with Crippen LogP contribution in [0, 0.1) is 19.8 Å². The second-order valence-electron chi connectivity index (χ2n) is 6.57. The molecule has 1 aromatic heterocycles. The highest BCUT2D eigenvalue weighted by Gasteiger charge is 2.30. The van der Waals surface area contributed by atoms with Crippen molar-refractivity contribution >= 4 is 11.7 Å². The van der Waals surface area contributed by atoms with Crippen LogP contribution in [0.4, 0.5) is 5.82 Å². The molecule has 2 aliphatic heterocycles. The van der Waals surface area contributed by atoms with Crippen LogP contribution in [0.5, 0.6) is 0 Å². The third-order valence-electron chi connectivity index (χ3n) is 4.86. The zero-order chi connectivity index (χ0) is 15.5. The fourth-order valence-corrected chi connectivity index (χ4v) is 3.54. The lowest BCUT2D eigenvalue weighted by molar-refractivity contribution is -0.137. The first-order valence-electron chi connectivity index (χ1n) is 8.49. The lowest BCUT2D eigenvalue weighted by Crippen LogP contribution is -2.44. The number of piperidine rings is 2. The predicted molar refractivity (Wildman–Crippen MR) is 86.9 cm³/mol. The molecule has 0 aliphatic carbocycles. The molecule has 0 atom stereocenters. The van der Waals surface area contributed by atoms with E-state index in [1.807, 2.05) is 20.0 Å². The Labute approximate surface area is 132 Å². The summed E-state index contributed by atoms with van der Waals surface area (Å²) in [6, 6.07) is 0. The summed E-state index contributed by atoms with van der Waals surface area (Å²) in [6.45, 7) is 7.71. The number of rotatable bonds is 2. The number of amides is 1. The quantitative estimate of drug-likeness (QED) is 0.841. The van der Waals surface area contributed by atoms with Gasteiger partial charge in [-0.05, 0) is 46.0 Å². The predicted octanol–water partition coefficient (Wildman–Crippen LogP) is 2.32. The van der Waals surface area contributed by atoms with E-state index in [4.69, 9.17) is 0 Å². The number of aromatic nitrogens is 2. The molecule has 0 spiro atoms. The van der Waals surface area contributed by atoms with Crippen LogP contribution in [0.15, 0.2) is 6.20 Å². The first kappa shape index (κ1) is 15.3. The Kier molecular flexibility index (Phi) is 4.60. The van der Waals surface area contributed by atoms with Crippen LogP contribution >= 0.6 is 0 Å². The van der Waals surface area contributed by atoms with Gasteiger partial charge in [0, 0.05) is 38.3 Å². The maximum Gasteiger partial charge on any atom is 0.225 e. The highest BCUT2D eigenvalue weighted by molar-refractivity contribution is 5.79. The van der Waals surface area contributed by atoms with Crippen molar-refractivity contribution in [2.45, 2.75) is 46.0 Å². The molecule has 0 bridgehead atoms. The number of nitrogens with zero attached hydrogens (tertiary/aromatic N) is 4. The van der Waals surface area contributed by atoms with Crippen LogP contribution in [0.1, 0.15) is 43.5 Å². The minimum Gasteiger partial charge on any atom is -0.355 e. The monoisotopic (exact) mass is 302 g/mol. The molecule has 2 aliphatic rings. The van der Waals surface area contributed by atoms with Crippen molar-refractivity contribution < 1.29 is 4.79 Å². The van der Waals surface area contributed by atoms with E-state index in [0.29, 0.717) is 5.91 Å². The second kappa shape index (κ2) is 6.63. The Morgan fingerprint density at radius 2 is 1.77 bits per heavy atom. The molecule has 2 fully saturated rings. The molecule has 22 heavy (non-hydrogen) atoms. The molecule has 3 rings (SSSR count). The number of carbonyl (C=O) groups is 1. The van der Waals surface area contributed by atoms with Crippen LogP contribution in [-0.2, 0) is 4.79 Å². The summed E-state index contributed by atoms with van der Waals surface area (Å²) in [5.41, 5.74) is 1.93. The largest absolute Gasteiger partial charge is 0.355 e. The minimum absolute atomic E-state index is 0.201. The summed E-state index contributed by atoms with van der Waals surface area (Å²) in [7, 11) is 0. The lowest BCUT2D eigenvalue weighted by atomic mass is 9.94. The highest BCUT2D eigenvalue weighted by Crippen LogP contribution is 2.26. The molecule has 0 aromatic carbocycles. The van der Waals surface area contributed by atoms with Crippen molar-refractivity contribution in [1.82, 2.24) is 14.9 Å². The fraction of sp³-hybridized carbons (Fsp3) is 0.706. The van der Waals surface area contributed by atoms with Crippen molar-refractivity contribution in [3.63, 3.8) is 0 Å². The minimum atomic E-state index is 0.201. The van der Waals surface area contributed by atoms with Crippen molar-refractivity contribution in [3.05, 3.63) is 17.6 Å². The summed E-state index contributed by atoms with van der Waals surface area (Å²) in [4.78, 5) is 26.0. The van der Waals surface area contributed by atoms with E-state index in [-0.39, 0.29) is 5.92 Å². The lowest BCUT2D eigenvalue weighted by Gasteiger charge is -2.36. The molecule has 0 N–H and O–H groups in total. The van der Waals surface area contributed by atoms with E-state index in [0.717, 1.165) is 56.2 Å². The van der Waals surface area contributed by atoms with Gasteiger partial charge in [-0.25, -0.2) is 4.98 Å². The van der Waals surface area contributed by atoms with E-state index in [1.54, 1.807) is 0 Å². The van der Waals surface area contributed by atoms with Gasteiger partial charge >= 0.3 is 0 Å². The molecule has 5 heteroatoms. The standard InChI is InChI=1S/C17H26N4O/c1-13-12-18-14(2)16(19-13)20-10-6-15(7-11-20)17(22)21-8-4-3-5-9-21/h12,15H,3-11H2,1-2H3. The van der Waals surface area contributed by atoms with Crippen molar-refractivity contribution in [2.24, 2.45) is 5.92 Å². The molecule has 0 radical (unpaired) electrons. The number of hydrogen-bond acceptors (Lipinski definition) is 4. The first-order chi connectivity index (χ1) is 10.6. The number of anilines is 1. The van der Waals surface area contributed by atoms with Gasteiger partial charge in [-0.3, -0.25) is 9.78 Å². The average molecular weight is 302 g/mol. The zero-order valence-electron chi connectivity index (χ0n) is 13.7. The Morgan fingerprint density at radius 1 is 1.09 bits per heavy atom. The normalized spacial score (nSPS) is 20.3. The summed E-state index contributed by atoms with van der Waals surface area (Å²) >= 11 is 0. The van der Waals surface area contributed by atoms with Gasteiger partial charge in [0.2, 0.25) is 5.91 Å². The molecule has 120 valence electrons. The summed E-state index contributed by atoms with van der Waals surface area (Å²) < 4.78 is 0. The molecular formula is C17H26N4O. The SMILES string of the molecule is Cc1cnc(C)c(N2CCC(C(=O)N3CCCCC3)CC2)n1. The van der Waals surface area contributed by atoms with Crippen molar-refractivity contribution in [2.75, 3.05) is 31.1 Å². The van der Waals surface area contributed by atoms with Crippen LogP contribution in [0.3, 0.4) is 0 Å². The fourth-order valence-electron chi connectivity index (χ4n) is 3.54. The molecule has 0 unspecified atom stereocenters. The molecule has 2 saturated heterocycles. The summed E-state index contributed by atoms with van der Waals surface area (Å²) in [5.74, 6) is 1.57. The second-order valence-corrected chi connectivity index (χ2v) is 6.57. The van der Waals surface area contributed by atoms with Crippen molar-refractivity contribution in [1.29, 1.82) is 0 Å². The molecule has 1 aromatic rings. The van der Waals surface area contributed by atoms with Gasteiger partial charge < -0.3 is 9.80 Å². The van der Waals surface area contributed by atoms with E-state index in [1.165, 1.54) is 19.3 Å². The van der Waals surface area contributed by atoms with E-state index in [2.05, 4.69) is 19.8 Å². The Hall–Kier alpha value is -1.65. The van der Waals surface area contributed by atoms with Crippen molar-refractivity contribution in [3.8, 4) is 0 Å². The van der Waals surface area contributed by atoms with Gasteiger partial charge in [-0.15, -0.1) is 0 Å². The van der Waals surface area contributed by atoms with Crippen LogP contribution in [-0.4, -0.2) is 47.0 Å². The average Bonchev–Trinajstić information content (AvgIpc) is 2.57. The van der Waals surface area contributed by atoms with Crippen LogP contribution in [0.2, 0.25) is 0 Å². The Balaban J connectivity index is 1.60. The Morgan fingerprint density at radius 3 is 2.45 bits per heavy atom. The van der Waals surface area contributed by atoms with E-state index < -0.39 is 0 Å². The molecule has 0 saturated carbocycles. The van der Waals surface area contributed by atoms with Gasteiger partial charge in [0.1, 0.15) is 5.82 Å². The third-order valence-corrected chi connectivity index (χ3v) is 4.86. The number of likely N-dealkylation sites (tertiary alicyclic amines) is 1. The molecule has 3 heterocycles. The molecule has 1 amide bonds. The maximum absolute atomic E-state index is 12.6. The van der Waals surface area contributed by atoms with Gasteiger partial charge in [-0.1, -0.05) is 0 Å². The van der Waals surface area contributed by atoms with E-state index >= 15 is 0 Å². The maximum atomic E-state index is 12.6. The van der Waals surface area contributed by atoms with Gasteiger partial charge in [-0.2, -0.15) is 0 Å². The number of hydrogen-bond donors (Lipinski definition) is 0. The van der Waals surface area contributed by atoms with Gasteiger partial charge in [0.05, 0.1) is 11.4 Å². The first-order valence-corrected chi connectivity index (χ1v) is 8.49. The highest BCUT2D eigenvalue weighted by atomic mass is 16.2. The number of aryl methyl sites for hydroxylation is 2. The van der Waals surface area contributed by atoms with Crippen LogP contribution in [0.25, 0.3) is 0 Å². The van der Waals surface area contributed by atoms with Gasteiger partial charge in [0.15, 0.2) is 0 Å². The molecule has 5 nitrogen and oxygen atoms in total. The molecular weight excluding hydrogens is 276 g/mol. The Bertz CT molecular complexity index is 531. The summed E-state index contributed by atoms with van der Waals surface area (Å²) in [6.07, 6.45) is 7.29. The third kappa shape index (κ3) is 3.23. The van der Waals surface area contributed by atoms with Gasteiger partial charge in [0.25, 0.3) is 0 Å². The smallest absolute Gasteiger partial charge is 0.225 e. The van der Waals surface area contributed by atoms with Crippen LogP contribution < -0.4 is 4.90 Å². The number of carbonyl (C=O) groups excluding carboxylic acids is 1. The van der Waals surface area contributed by atoms with E-state index in [9.17, 15) is 4.79 Å².